The fourth-order valence-electron chi connectivity index (χ4n) is 2.05. The number of rotatable bonds is 2. The summed E-state index contributed by atoms with van der Waals surface area (Å²) in [6.07, 6.45) is 0.805. The summed E-state index contributed by atoms with van der Waals surface area (Å²) in [7, 11) is 0. The van der Waals surface area contributed by atoms with E-state index in [-0.39, 0.29) is 11.8 Å². The summed E-state index contributed by atoms with van der Waals surface area (Å²) in [6, 6.07) is 6.24. The number of aryl methyl sites for hydroxylation is 2. The van der Waals surface area contributed by atoms with Crippen LogP contribution in [-0.4, -0.2) is 11.1 Å². The summed E-state index contributed by atoms with van der Waals surface area (Å²) >= 11 is 0. The Hall–Kier alpha value is -1.31. The van der Waals surface area contributed by atoms with Crippen molar-refractivity contribution >= 4 is 5.97 Å². The quantitative estimate of drug-likeness (QED) is 0.778. The van der Waals surface area contributed by atoms with Gasteiger partial charge >= 0.3 is 5.97 Å². The van der Waals surface area contributed by atoms with Crippen LogP contribution in [0.2, 0.25) is 0 Å². The van der Waals surface area contributed by atoms with Gasteiger partial charge in [-0.1, -0.05) is 23.8 Å². The van der Waals surface area contributed by atoms with Crippen LogP contribution in [0.25, 0.3) is 0 Å². The van der Waals surface area contributed by atoms with E-state index in [1.165, 1.54) is 16.7 Å². The van der Waals surface area contributed by atoms with Gasteiger partial charge in [-0.05, 0) is 37.3 Å². The molecule has 0 aromatic heterocycles. The van der Waals surface area contributed by atoms with Crippen molar-refractivity contribution in [2.24, 2.45) is 5.92 Å². The molecule has 0 amide bonds. The summed E-state index contributed by atoms with van der Waals surface area (Å²) in [4.78, 5) is 10.7. The lowest BCUT2D eigenvalue weighted by atomic mass is 10.0. The van der Waals surface area contributed by atoms with Gasteiger partial charge in [0, 0.05) is 0 Å². The molecule has 14 heavy (non-hydrogen) atoms. The van der Waals surface area contributed by atoms with Crippen LogP contribution < -0.4 is 0 Å². The van der Waals surface area contributed by atoms with Gasteiger partial charge < -0.3 is 5.11 Å². The first-order valence-electron chi connectivity index (χ1n) is 4.89. The normalized spacial score (nSPS) is 24.7. The predicted octanol–water partition coefficient (Wildman–Crippen LogP) is 2.49. The van der Waals surface area contributed by atoms with Gasteiger partial charge in [0.05, 0.1) is 5.92 Å². The molecule has 74 valence electrons. The monoisotopic (exact) mass is 190 g/mol. The summed E-state index contributed by atoms with van der Waals surface area (Å²) in [5, 5.41) is 8.83. The maximum atomic E-state index is 10.7. The van der Waals surface area contributed by atoms with Crippen LogP contribution in [-0.2, 0) is 4.79 Å². The van der Waals surface area contributed by atoms with Crippen LogP contribution in [0.5, 0.6) is 0 Å². The van der Waals surface area contributed by atoms with E-state index in [0.717, 1.165) is 6.42 Å². The Morgan fingerprint density at radius 3 is 2.64 bits per heavy atom. The first kappa shape index (κ1) is 9.25. The van der Waals surface area contributed by atoms with Crippen LogP contribution in [0.1, 0.15) is 29.0 Å². The zero-order valence-electron chi connectivity index (χ0n) is 8.45. The van der Waals surface area contributed by atoms with Gasteiger partial charge in [0.1, 0.15) is 0 Å². The molecule has 0 spiro atoms. The van der Waals surface area contributed by atoms with Crippen molar-refractivity contribution in [1.82, 2.24) is 0 Å². The number of carboxylic acid groups (broad SMARTS) is 1. The molecule has 0 unspecified atom stereocenters. The molecule has 1 aliphatic rings. The van der Waals surface area contributed by atoms with Gasteiger partial charge in [-0.15, -0.1) is 0 Å². The third-order valence-corrected chi connectivity index (χ3v) is 2.93. The Bertz CT molecular complexity index is 382. The molecule has 1 aromatic carbocycles. The van der Waals surface area contributed by atoms with E-state index in [1.807, 2.05) is 0 Å². The lowest BCUT2D eigenvalue weighted by Crippen LogP contribution is -1.99. The largest absolute Gasteiger partial charge is 0.481 e. The molecule has 0 bridgehead atoms. The maximum Gasteiger partial charge on any atom is 0.307 e. The molecule has 2 heteroatoms. The van der Waals surface area contributed by atoms with Crippen molar-refractivity contribution in [3.8, 4) is 0 Å². The number of carbonyl (C=O) groups is 1. The molecule has 0 saturated heterocycles. The van der Waals surface area contributed by atoms with Gasteiger partial charge in [0.2, 0.25) is 0 Å². The minimum absolute atomic E-state index is 0.142. The zero-order chi connectivity index (χ0) is 10.3. The summed E-state index contributed by atoms with van der Waals surface area (Å²) < 4.78 is 0. The van der Waals surface area contributed by atoms with Gasteiger partial charge in [0.25, 0.3) is 0 Å². The third-order valence-electron chi connectivity index (χ3n) is 2.93. The second-order valence-corrected chi connectivity index (χ2v) is 4.15. The van der Waals surface area contributed by atoms with Crippen molar-refractivity contribution in [2.45, 2.75) is 26.2 Å². The van der Waals surface area contributed by atoms with E-state index in [1.54, 1.807) is 0 Å². The van der Waals surface area contributed by atoms with Gasteiger partial charge in [0.15, 0.2) is 0 Å². The lowest BCUT2D eigenvalue weighted by Gasteiger charge is -2.04. The molecule has 1 aliphatic carbocycles. The van der Waals surface area contributed by atoms with Crippen molar-refractivity contribution in [3.63, 3.8) is 0 Å². The Morgan fingerprint density at radius 2 is 2.14 bits per heavy atom. The molecular formula is C12H14O2. The number of hydrogen-bond donors (Lipinski definition) is 1. The minimum Gasteiger partial charge on any atom is -0.481 e. The first-order chi connectivity index (χ1) is 6.59. The van der Waals surface area contributed by atoms with Crippen LogP contribution in [0, 0.1) is 19.8 Å². The van der Waals surface area contributed by atoms with E-state index < -0.39 is 5.97 Å². The molecule has 1 aromatic rings. The average molecular weight is 190 g/mol. The van der Waals surface area contributed by atoms with E-state index in [2.05, 4.69) is 32.0 Å². The fraction of sp³-hybridized carbons (Fsp3) is 0.417. The topological polar surface area (TPSA) is 37.3 Å². The van der Waals surface area contributed by atoms with E-state index in [4.69, 9.17) is 5.11 Å². The highest BCUT2D eigenvalue weighted by Crippen LogP contribution is 2.48. The molecule has 2 rings (SSSR count). The summed E-state index contributed by atoms with van der Waals surface area (Å²) in [6.45, 7) is 4.11. The van der Waals surface area contributed by atoms with E-state index in [9.17, 15) is 4.79 Å². The number of carboxylic acids is 1. The second kappa shape index (κ2) is 3.12. The second-order valence-electron chi connectivity index (χ2n) is 4.15. The first-order valence-corrected chi connectivity index (χ1v) is 4.89. The zero-order valence-corrected chi connectivity index (χ0v) is 8.45. The van der Waals surface area contributed by atoms with Crippen LogP contribution in [0.15, 0.2) is 18.2 Å². The molecule has 0 radical (unpaired) electrons. The number of hydrogen-bond acceptors (Lipinski definition) is 1. The van der Waals surface area contributed by atoms with Crippen LogP contribution in [0.3, 0.4) is 0 Å². The van der Waals surface area contributed by atoms with Crippen LogP contribution >= 0.6 is 0 Å². The van der Waals surface area contributed by atoms with Crippen molar-refractivity contribution < 1.29 is 9.90 Å². The smallest absolute Gasteiger partial charge is 0.307 e. The van der Waals surface area contributed by atoms with Crippen LogP contribution in [0.4, 0.5) is 0 Å². The Labute approximate surface area is 83.6 Å². The van der Waals surface area contributed by atoms with Crippen molar-refractivity contribution in [3.05, 3.63) is 34.9 Å². The number of benzene rings is 1. The summed E-state index contributed by atoms with van der Waals surface area (Å²) in [5.41, 5.74) is 3.67. The Morgan fingerprint density at radius 1 is 1.43 bits per heavy atom. The molecule has 1 saturated carbocycles. The fourth-order valence-corrected chi connectivity index (χ4v) is 2.05. The van der Waals surface area contributed by atoms with Gasteiger partial charge in [-0.3, -0.25) is 4.79 Å². The van der Waals surface area contributed by atoms with Gasteiger partial charge in [-0.25, -0.2) is 0 Å². The molecule has 2 atom stereocenters. The van der Waals surface area contributed by atoms with E-state index in [0.29, 0.717) is 0 Å². The van der Waals surface area contributed by atoms with Crippen molar-refractivity contribution in [1.29, 1.82) is 0 Å². The van der Waals surface area contributed by atoms with E-state index >= 15 is 0 Å². The lowest BCUT2D eigenvalue weighted by molar-refractivity contribution is -0.138. The maximum absolute atomic E-state index is 10.7. The summed E-state index contributed by atoms with van der Waals surface area (Å²) in [5.74, 6) is -0.542. The average Bonchev–Trinajstić information content (AvgIpc) is 2.83. The van der Waals surface area contributed by atoms with Crippen molar-refractivity contribution in [2.75, 3.05) is 0 Å². The Balaban J connectivity index is 2.23. The Kier molecular flexibility index (Phi) is 2.06. The highest BCUT2D eigenvalue weighted by atomic mass is 16.4. The molecule has 1 fully saturated rings. The molecule has 1 N–H and O–H groups in total. The highest BCUT2D eigenvalue weighted by Gasteiger charge is 2.44. The third kappa shape index (κ3) is 1.52. The minimum atomic E-state index is -0.657. The standard InChI is InChI=1S/C12H14O2/c1-7-3-4-9(8(2)5-7)10-6-11(10)12(13)14/h3-5,10-11H,6H2,1-2H3,(H,13,14)/t10-,11+/m1/s1. The number of aliphatic carboxylic acids is 1. The SMILES string of the molecule is Cc1ccc([C@H]2C[C@@H]2C(=O)O)c(C)c1. The predicted molar refractivity (Wildman–Crippen MR) is 54.4 cm³/mol. The molecule has 2 nitrogen and oxygen atoms in total. The molecular weight excluding hydrogens is 176 g/mol. The van der Waals surface area contributed by atoms with Gasteiger partial charge in [-0.2, -0.15) is 0 Å². The molecule has 0 aliphatic heterocycles. The molecule has 0 heterocycles. The highest BCUT2D eigenvalue weighted by molar-refractivity contribution is 5.75.